The third-order valence-corrected chi connectivity index (χ3v) is 3.07. The number of rotatable bonds is 2. The van der Waals surface area contributed by atoms with Gasteiger partial charge in [0.1, 0.15) is 5.84 Å². The van der Waals surface area contributed by atoms with Gasteiger partial charge in [-0.3, -0.25) is 10.3 Å². The summed E-state index contributed by atoms with van der Waals surface area (Å²) >= 11 is 0. The molecule has 0 amide bonds. The number of hydrogen-bond acceptors (Lipinski definition) is 3. The summed E-state index contributed by atoms with van der Waals surface area (Å²) in [6.45, 7) is 3.88. The maximum absolute atomic E-state index is 7.38. The fourth-order valence-corrected chi connectivity index (χ4v) is 2.16. The number of nitrogens with one attached hydrogen (secondary N) is 1. The molecule has 74 valence electrons. The van der Waals surface area contributed by atoms with Crippen LogP contribution in [0.4, 0.5) is 0 Å². The Morgan fingerprint density at radius 2 is 2.00 bits per heavy atom. The van der Waals surface area contributed by atoms with Gasteiger partial charge in [0, 0.05) is 13.1 Å². The SMILES string of the molecule is CC(C(=N)N)N1CC2CCC(C1)O2. The predicted octanol–water partition coefficient (Wildman–Crippen LogP) is 0.174. The lowest BCUT2D eigenvalue weighted by Gasteiger charge is -2.35. The molecule has 2 heterocycles. The molecule has 3 N–H and O–H groups in total. The molecule has 0 aromatic carbocycles. The molecule has 2 aliphatic heterocycles. The molecule has 0 aromatic heterocycles. The average molecular weight is 183 g/mol. The highest BCUT2D eigenvalue weighted by Crippen LogP contribution is 2.27. The second kappa shape index (κ2) is 3.27. The summed E-state index contributed by atoms with van der Waals surface area (Å²) in [5, 5.41) is 7.38. The summed E-state index contributed by atoms with van der Waals surface area (Å²) in [6.07, 6.45) is 3.12. The van der Waals surface area contributed by atoms with Crippen molar-refractivity contribution < 1.29 is 4.74 Å². The largest absolute Gasteiger partial charge is 0.386 e. The van der Waals surface area contributed by atoms with Crippen LogP contribution >= 0.6 is 0 Å². The Morgan fingerprint density at radius 3 is 2.46 bits per heavy atom. The van der Waals surface area contributed by atoms with Gasteiger partial charge in [-0.1, -0.05) is 0 Å². The maximum Gasteiger partial charge on any atom is 0.108 e. The first-order chi connectivity index (χ1) is 6.16. The first kappa shape index (κ1) is 8.97. The van der Waals surface area contributed by atoms with Crippen LogP contribution in [0.2, 0.25) is 0 Å². The minimum Gasteiger partial charge on any atom is -0.386 e. The lowest BCUT2D eigenvalue weighted by molar-refractivity contribution is -0.0427. The molecular weight excluding hydrogens is 166 g/mol. The zero-order valence-corrected chi connectivity index (χ0v) is 7.99. The molecule has 2 bridgehead atoms. The van der Waals surface area contributed by atoms with Crippen molar-refractivity contribution in [2.24, 2.45) is 5.73 Å². The predicted molar refractivity (Wildman–Crippen MR) is 50.8 cm³/mol. The van der Waals surface area contributed by atoms with Gasteiger partial charge < -0.3 is 10.5 Å². The van der Waals surface area contributed by atoms with E-state index in [9.17, 15) is 0 Å². The summed E-state index contributed by atoms with van der Waals surface area (Å²) < 4.78 is 5.70. The number of nitrogens with zero attached hydrogens (tertiary/aromatic N) is 1. The molecule has 2 fully saturated rings. The van der Waals surface area contributed by atoms with Crippen molar-refractivity contribution in [2.45, 2.75) is 38.0 Å². The third kappa shape index (κ3) is 1.69. The number of nitrogens with two attached hydrogens (primary N) is 1. The Kier molecular flexibility index (Phi) is 2.26. The Balaban J connectivity index is 1.98. The van der Waals surface area contributed by atoms with Crippen molar-refractivity contribution in [2.75, 3.05) is 13.1 Å². The van der Waals surface area contributed by atoms with Gasteiger partial charge in [0.25, 0.3) is 0 Å². The minimum absolute atomic E-state index is 0.0759. The zero-order chi connectivity index (χ0) is 9.42. The van der Waals surface area contributed by atoms with E-state index in [1.807, 2.05) is 6.92 Å². The first-order valence-corrected chi connectivity index (χ1v) is 4.90. The van der Waals surface area contributed by atoms with Gasteiger partial charge in [-0.05, 0) is 19.8 Å². The number of amidine groups is 1. The highest BCUT2D eigenvalue weighted by Gasteiger charge is 2.35. The summed E-state index contributed by atoms with van der Waals surface area (Å²) in [4.78, 5) is 2.26. The zero-order valence-electron chi connectivity index (χ0n) is 7.99. The van der Waals surface area contributed by atoms with E-state index in [0.717, 1.165) is 13.1 Å². The van der Waals surface area contributed by atoms with Crippen LogP contribution in [0.25, 0.3) is 0 Å². The molecule has 4 nitrogen and oxygen atoms in total. The van der Waals surface area contributed by atoms with Crippen LogP contribution in [0, 0.1) is 5.41 Å². The van der Waals surface area contributed by atoms with E-state index in [1.165, 1.54) is 12.8 Å². The standard InChI is InChI=1S/C9H17N3O/c1-6(9(10)11)12-4-7-2-3-8(5-12)13-7/h6-8H,2-5H2,1H3,(H3,10,11). The van der Waals surface area contributed by atoms with Crippen molar-refractivity contribution in [1.29, 1.82) is 5.41 Å². The van der Waals surface area contributed by atoms with E-state index < -0.39 is 0 Å². The average Bonchev–Trinajstić information content (AvgIpc) is 2.44. The molecule has 2 saturated heterocycles. The number of morpholine rings is 1. The second-order valence-electron chi connectivity index (χ2n) is 4.04. The van der Waals surface area contributed by atoms with Crippen molar-refractivity contribution in [1.82, 2.24) is 4.90 Å². The molecule has 3 unspecified atom stereocenters. The van der Waals surface area contributed by atoms with Gasteiger partial charge >= 0.3 is 0 Å². The van der Waals surface area contributed by atoms with E-state index in [-0.39, 0.29) is 11.9 Å². The smallest absolute Gasteiger partial charge is 0.108 e. The van der Waals surface area contributed by atoms with Gasteiger partial charge in [-0.25, -0.2) is 0 Å². The molecule has 0 aromatic rings. The van der Waals surface area contributed by atoms with Crippen LogP contribution < -0.4 is 5.73 Å². The van der Waals surface area contributed by atoms with Crippen molar-refractivity contribution in [3.63, 3.8) is 0 Å². The van der Waals surface area contributed by atoms with E-state index in [4.69, 9.17) is 15.9 Å². The molecular formula is C9H17N3O. The van der Waals surface area contributed by atoms with Gasteiger partial charge in [-0.2, -0.15) is 0 Å². The Labute approximate surface area is 78.5 Å². The third-order valence-electron chi connectivity index (χ3n) is 3.07. The summed E-state index contributed by atoms with van der Waals surface area (Å²) in [5.74, 6) is 0.265. The molecule has 0 aliphatic carbocycles. The first-order valence-electron chi connectivity index (χ1n) is 4.90. The van der Waals surface area contributed by atoms with E-state index in [2.05, 4.69) is 4.90 Å². The van der Waals surface area contributed by atoms with Gasteiger partial charge in [0.05, 0.1) is 18.2 Å². The van der Waals surface area contributed by atoms with Gasteiger partial charge in [0.2, 0.25) is 0 Å². The van der Waals surface area contributed by atoms with E-state index >= 15 is 0 Å². The van der Waals surface area contributed by atoms with Crippen LogP contribution in [0.15, 0.2) is 0 Å². The van der Waals surface area contributed by atoms with Crippen LogP contribution in [0.3, 0.4) is 0 Å². The maximum atomic E-state index is 7.38. The number of ether oxygens (including phenoxy) is 1. The molecule has 2 rings (SSSR count). The summed E-state index contributed by atoms with van der Waals surface area (Å²) in [5.41, 5.74) is 5.48. The number of fused-ring (bicyclic) bond motifs is 2. The number of hydrogen-bond donors (Lipinski definition) is 2. The van der Waals surface area contributed by atoms with Crippen molar-refractivity contribution in [3.8, 4) is 0 Å². The van der Waals surface area contributed by atoms with Gasteiger partial charge in [-0.15, -0.1) is 0 Å². The minimum atomic E-state index is 0.0759. The van der Waals surface area contributed by atoms with Gasteiger partial charge in [0.15, 0.2) is 0 Å². The highest BCUT2D eigenvalue weighted by molar-refractivity contribution is 5.82. The van der Waals surface area contributed by atoms with Crippen LogP contribution in [0.5, 0.6) is 0 Å². The molecule has 2 aliphatic rings. The Morgan fingerprint density at radius 1 is 1.46 bits per heavy atom. The van der Waals surface area contributed by atoms with Crippen LogP contribution in [-0.2, 0) is 4.74 Å². The topological polar surface area (TPSA) is 62.3 Å². The number of likely N-dealkylation sites (tertiary alicyclic amines) is 1. The van der Waals surface area contributed by atoms with E-state index in [0.29, 0.717) is 12.2 Å². The molecule has 0 saturated carbocycles. The fourth-order valence-electron chi connectivity index (χ4n) is 2.16. The van der Waals surface area contributed by atoms with E-state index in [1.54, 1.807) is 0 Å². The monoisotopic (exact) mass is 183 g/mol. The fraction of sp³-hybridized carbons (Fsp3) is 0.889. The van der Waals surface area contributed by atoms with Crippen LogP contribution in [-0.4, -0.2) is 42.1 Å². The summed E-state index contributed by atoms with van der Waals surface area (Å²) in [7, 11) is 0. The molecule has 13 heavy (non-hydrogen) atoms. The Hall–Kier alpha value is -0.610. The summed E-state index contributed by atoms with van der Waals surface area (Å²) in [6, 6.07) is 0.0759. The molecule has 3 atom stereocenters. The highest BCUT2D eigenvalue weighted by atomic mass is 16.5. The Bertz CT molecular complexity index is 207. The molecule has 4 heteroatoms. The van der Waals surface area contributed by atoms with Crippen molar-refractivity contribution in [3.05, 3.63) is 0 Å². The molecule has 0 radical (unpaired) electrons. The second-order valence-corrected chi connectivity index (χ2v) is 4.04. The van der Waals surface area contributed by atoms with Crippen molar-refractivity contribution >= 4 is 5.84 Å². The van der Waals surface area contributed by atoms with Crippen LogP contribution in [0.1, 0.15) is 19.8 Å². The lowest BCUT2D eigenvalue weighted by atomic mass is 10.2. The molecule has 0 spiro atoms. The normalized spacial score (nSPS) is 36.1. The lowest BCUT2D eigenvalue weighted by Crippen LogP contribution is -2.51. The quantitative estimate of drug-likeness (QED) is 0.474.